The number of fused-ring (bicyclic) bond motifs is 9. The van der Waals surface area contributed by atoms with Crippen LogP contribution in [0, 0.1) is 80.8 Å². The molecule has 0 aromatic heterocycles. The SMILES string of the molecule is CO[C@H](CO)[C@H]1C[C@@H]2CC[C@]3(C[C@@]4(CC[C@@H](NCC(C)=O)c5cc(O)ccc5C4)CC34CCCC4)C[C@@]23NCOc2c4cc(c5c2O[C@H](O)[C@@H](C5)[C@@H]2CSSC[C@@H](C(C)C)N=C(N)N[C@H]2C#C[C@]32C=C[C@H]1C2)CC[C@@H](O)CC(=O)CCc1ccc(O)c(OCO)c1C#CC4. The van der Waals surface area contributed by atoms with E-state index < -0.39 is 48.2 Å². The second-order valence-electron chi connectivity index (χ2n) is 30.1. The maximum atomic E-state index is 13.7. The lowest BCUT2D eigenvalue weighted by atomic mass is 9.46. The fourth-order valence-electron chi connectivity index (χ4n) is 20.0. The molecule has 4 aliphatic heterocycles. The fraction of sp³-hybridized carbons (Fsp3) is 0.640. The number of allylic oxidation sites excluding steroid dienone is 1. The van der Waals surface area contributed by atoms with E-state index in [-0.39, 0.29) is 139 Å². The third-order valence-corrected chi connectivity index (χ3v) is 26.9. The molecule has 14 rings (SSSR count). The van der Waals surface area contributed by atoms with Gasteiger partial charge in [-0.15, -0.1) is 0 Å². The molecule has 4 heterocycles. The standard InChI is InChI=1S/C75H97N5O12S2/c1-44(2)63-38-94-93-37-60-59-32-58-47-11-15-53(85)30-52(84)14-10-46-13-17-64(87)67(91-43-82)55(46)9-7-8-48(28-47)66(68(58)92-69(59)88)90-42-78-75-41-74(26-19-51(75)29-57(65(36-81)89-4)50-18-25-72(75,34-50)27-21-62(60)79-70(76)80-63)40-71(39-73(74)22-5-6-23-73)24-20-61(77-35-45(3)83)56-31-54(86)16-12-49(56)33-71/h12-13,16-18,25,28,31,44,50-51,53,57,59-63,65,69,77-78,81-82,85-88H,5-6,8,10-11,14-15,19-20,22-24,26,29-30,32-43H2,1-4H3,(H3,76,79,80)/t50-,51-,53+,57-,59-,60-,61+,62-,63-,65+,69-,71+,72-,74-,75+/m0/s1. The molecule has 11 N–H and O–H groups in total. The number of aromatic hydroxyl groups is 2. The van der Waals surface area contributed by atoms with E-state index in [9.17, 15) is 40.2 Å². The highest BCUT2D eigenvalue weighted by Gasteiger charge is 2.71. The van der Waals surface area contributed by atoms with Crippen molar-refractivity contribution in [1.29, 1.82) is 0 Å². The second-order valence-corrected chi connectivity index (χ2v) is 32.6. The largest absolute Gasteiger partial charge is 0.508 e. The van der Waals surface area contributed by atoms with Crippen LogP contribution in [0.15, 0.2) is 53.5 Å². The van der Waals surface area contributed by atoms with Crippen LogP contribution in [0.5, 0.6) is 28.7 Å². The average molecular weight is 1320 g/mol. The Morgan fingerprint density at radius 3 is 2.51 bits per heavy atom. The molecule has 17 nitrogen and oxygen atoms in total. The van der Waals surface area contributed by atoms with Crippen molar-refractivity contribution in [3.05, 3.63) is 87.5 Å². The third kappa shape index (κ3) is 12.7. The van der Waals surface area contributed by atoms with Crippen LogP contribution in [0.3, 0.4) is 0 Å². The van der Waals surface area contributed by atoms with Gasteiger partial charge in [-0.2, -0.15) is 0 Å². The van der Waals surface area contributed by atoms with E-state index in [4.69, 9.17) is 29.7 Å². The molecule has 4 fully saturated rings. The number of phenolic OH excluding ortho intramolecular Hbond substituents is 2. The van der Waals surface area contributed by atoms with E-state index in [1.807, 2.05) is 12.1 Å². The van der Waals surface area contributed by atoms with Crippen molar-refractivity contribution in [2.75, 3.05) is 45.3 Å². The van der Waals surface area contributed by atoms with Gasteiger partial charge in [0.05, 0.1) is 48.4 Å². The first kappa shape index (κ1) is 67.1. The quantitative estimate of drug-likeness (QED) is 0.0414. The number of aliphatic hydroxyl groups is 4. The molecule has 15 atom stereocenters. The van der Waals surface area contributed by atoms with Gasteiger partial charge in [0.25, 0.3) is 0 Å². The van der Waals surface area contributed by atoms with Crippen LogP contribution in [0.25, 0.3) is 0 Å². The maximum absolute atomic E-state index is 13.7. The number of rotatable bonds is 9. The first-order valence-electron chi connectivity index (χ1n) is 34.7. The van der Waals surface area contributed by atoms with Crippen molar-refractivity contribution in [3.63, 3.8) is 0 Å². The van der Waals surface area contributed by atoms with Crippen molar-refractivity contribution in [2.24, 2.45) is 67.9 Å². The molecule has 0 amide bonds. The Kier molecular flexibility index (Phi) is 19.6. The summed E-state index contributed by atoms with van der Waals surface area (Å²) in [5, 5.41) is 79.8. The van der Waals surface area contributed by atoms with Crippen LogP contribution in [-0.4, -0.2) is 130 Å². The first-order valence-corrected chi connectivity index (χ1v) is 37.2. The number of nitrogens with zero attached hydrogens (tertiary/aromatic N) is 1. The van der Waals surface area contributed by atoms with Crippen molar-refractivity contribution in [1.82, 2.24) is 16.0 Å². The Morgan fingerprint density at radius 1 is 0.915 bits per heavy atom. The summed E-state index contributed by atoms with van der Waals surface area (Å²) in [6.07, 6.45) is 17.2. The smallest absolute Gasteiger partial charge is 0.201 e. The molecule has 94 heavy (non-hydrogen) atoms. The number of methoxy groups -OCH3 is 1. The number of nitrogens with two attached hydrogens (primary N) is 1. The third-order valence-electron chi connectivity index (χ3n) is 24.4. The maximum Gasteiger partial charge on any atom is 0.201 e. The van der Waals surface area contributed by atoms with Gasteiger partial charge < -0.3 is 66.0 Å². The van der Waals surface area contributed by atoms with Crippen molar-refractivity contribution < 1.29 is 59.2 Å². The van der Waals surface area contributed by atoms with E-state index in [2.05, 4.69) is 77.8 Å². The van der Waals surface area contributed by atoms with Crippen molar-refractivity contribution >= 4 is 39.1 Å². The fourth-order valence-corrected chi connectivity index (χ4v) is 22.8. The number of aliphatic hydroxyl groups excluding tert-OH is 4. The lowest BCUT2D eigenvalue weighted by Crippen LogP contribution is -2.67. The van der Waals surface area contributed by atoms with E-state index in [0.717, 1.165) is 106 Å². The number of ketones is 2. The Balaban J connectivity index is 1.00. The molecular formula is C75H97N5O12S2. The molecule has 5 spiro atoms. The number of guanidine groups is 1. The number of hydrogen-bond donors (Lipinski definition) is 10. The van der Waals surface area contributed by atoms with E-state index in [1.165, 1.54) is 11.6 Å². The summed E-state index contributed by atoms with van der Waals surface area (Å²) in [6, 6.07) is 10.4. The number of hydrogen-bond acceptors (Lipinski definition) is 19. The van der Waals surface area contributed by atoms with Gasteiger partial charge in [0.2, 0.25) is 6.29 Å². The van der Waals surface area contributed by atoms with Gasteiger partial charge in [-0.3, -0.25) is 14.9 Å². The van der Waals surface area contributed by atoms with Gasteiger partial charge in [-0.25, -0.2) is 4.99 Å². The summed E-state index contributed by atoms with van der Waals surface area (Å²) in [7, 11) is 5.24. The predicted octanol–water partition coefficient (Wildman–Crippen LogP) is 9.05. The van der Waals surface area contributed by atoms with E-state index >= 15 is 0 Å². The molecular weight excluding hydrogens is 1230 g/mol. The van der Waals surface area contributed by atoms with Gasteiger partial charge in [0, 0.05) is 72.4 Å². The molecule has 0 radical (unpaired) electrons. The molecule has 506 valence electrons. The molecule has 8 bridgehead atoms. The molecule has 11 aliphatic rings. The Bertz CT molecular complexity index is 3550. The molecule has 19 heteroatoms. The number of phenols is 2. The summed E-state index contributed by atoms with van der Waals surface area (Å²) < 4.78 is 26.4. The van der Waals surface area contributed by atoms with Gasteiger partial charge in [-0.05, 0) is 190 Å². The molecule has 0 unspecified atom stereocenters. The normalized spacial score (nSPS) is 34.6. The summed E-state index contributed by atoms with van der Waals surface area (Å²) in [6.45, 7) is 5.42. The van der Waals surface area contributed by atoms with Gasteiger partial charge in [0.1, 0.15) is 24.0 Å². The summed E-state index contributed by atoms with van der Waals surface area (Å²) in [5.74, 6) is 16.8. The molecule has 3 aromatic carbocycles. The summed E-state index contributed by atoms with van der Waals surface area (Å²) in [4.78, 5) is 31.4. The summed E-state index contributed by atoms with van der Waals surface area (Å²) >= 11 is 0. The average Bonchev–Trinajstić information content (AvgIpc) is 1.49. The zero-order chi connectivity index (χ0) is 65.7. The number of aliphatic imine (C=N–C) groups is 1. The minimum Gasteiger partial charge on any atom is -0.508 e. The van der Waals surface area contributed by atoms with Crippen molar-refractivity contribution in [2.45, 2.75) is 198 Å². The van der Waals surface area contributed by atoms with Crippen molar-refractivity contribution in [3.8, 4) is 52.4 Å². The Hall–Kier alpha value is -5.45. The Morgan fingerprint density at radius 2 is 1.72 bits per heavy atom. The highest BCUT2D eigenvalue weighted by molar-refractivity contribution is 8.76. The van der Waals surface area contributed by atoms with Crippen LogP contribution in [0.1, 0.15) is 168 Å². The highest BCUT2D eigenvalue weighted by Crippen LogP contribution is 2.77. The van der Waals surface area contributed by atoms with Gasteiger partial charge >= 0.3 is 0 Å². The second kappa shape index (κ2) is 27.5. The lowest BCUT2D eigenvalue weighted by Gasteiger charge is -2.61. The minimum atomic E-state index is -1.32. The predicted molar refractivity (Wildman–Crippen MR) is 364 cm³/mol. The van der Waals surface area contributed by atoms with Crippen LogP contribution < -0.4 is 35.9 Å². The number of carbonyl (C=O) groups excluding carboxylic acids is 2. The monoisotopic (exact) mass is 1320 g/mol. The Labute approximate surface area is 562 Å². The lowest BCUT2D eigenvalue weighted by molar-refractivity contribution is -0.121. The van der Waals surface area contributed by atoms with Crippen LogP contribution in [-0.2, 0) is 46.4 Å². The van der Waals surface area contributed by atoms with Crippen LogP contribution >= 0.6 is 21.6 Å². The molecule has 3 aromatic rings. The van der Waals surface area contributed by atoms with Crippen LogP contribution in [0.2, 0.25) is 0 Å². The number of aryl methyl sites for hydroxylation is 2. The number of nitrogens with one attached hydrogen (secondary N) is 3. The molecule has 4 saturated carbocycles. The highest BCUT2D eigenvalue weighted by atomic mass is 33.1. The van der Waals surface area contributed by atoms with Gasteiger partial charge in [0.15, 0.2) is 35.8 Å². The van der Waals surface area contributed by atoms with Gasteiger partial charge in [-0.1, -0.05) is 102 Å². The number of ether oxygens (including phenoxy) is 4. The topological polar surface area (TPSA) is 267 Å². The molecule has 0 saturated heterocycles. The first-order chi connectivity index (χ1) is 45.3. The number of benzene rings is 3. The van der Waals surface area contributed by atoms with E-state index in [0.29, 0.717) is 59.2 Å². The van der Waals surface area contributed by atoms with E-state index in [1.54, 1.807) is 41.7 Å². The zero-order valence-electron chi connectivity index (χ0n) is 55.1. The number of Topliss-reactive ketones (excluding diaryl/α,β-unsaturated/α-hetero) is 2. The zero-order valence-corrected chi connectivity index (χ0v) is 56.7. The summed E-state index contributed by atoms with van der Waals surface area (Å²) in [5.41, 5.74) is 11.1. The minimum absolute atomic E-state index is 0.00953. The number of carbonyl (C=O) groups is 2. The van der Waals surface area contributed by atoms with Crippen LogP contribution in [0.4, 0.5) is 0 Å². The molecule has 7 aliphatic carbocycles.